The molecular formula is C23H29N5O. The first kappa shape index (κ1) is 19.5. The number of imidazole rings is 1. The van der Waals surface area contributed by atoms with Crippen LogP contribution in [0.1, 0.15) is 35.9 Å². The molecule has 0 aliphatic carbocycles. The third-order valence-electron chi connectivity index (χ3n) is 5.60. The number of carbonyl (C=O) groups is 1. The maximum absolute atomic E-state index is 12.9. The Balaban J connectivity index is 1.29. The lowest BCUT2D eigenvalue weighted by Gasteiger charge is -2.35. The minimum absolute atomic E-state index is 0.125. The summed E-state index contributed by atoms with van der Waals surface area (Å²) in [6.07, 6.45) is 7.95. The van der Waals surface area contributed by atoms with E-state index in [2.05, 4.69) is 34.5 Å². The fraction of sp³-hybridized carbons (Fsp3) is 0.391. The van der Waals surface area contributed by atoms with E-state index in [0.717, 1.165) is 56.3 Å². The first-order valence-electron chi connectivity index (χ1n) is 10.4. The molecule has 1 saturated heterocycles. The Morgan fingerprint density at radius 1 is 0.966 bits per heavy atom. The summed E-state index contributed by atoms with van der Waals surface area (Å²) in [5.74, 6) is 1.70. The Morgan fingerprint density at radius 2 is 1.66 bits per heavy atom. The van der Waals surface area contributed by atoms with E-state index in [1.54, 1.807) is 0 Å². The second-order valence-electron chi connectivity index (χ2n) is 7.90. The van der Waals surface area contributed by atoms with E-state index in [1.165, 1.54) is 0 Å². The van der Waals surface area contributed by atoms with Gasteiger partial charge in [-0.2, -0.15) is 0 Å². The molecular weight excluding hydrogens is 362 g/mol. The highest BCUT2D eigenvalue weighted by Gasteiger charge is 2.22. The average molecular weight is 392 g/mol. The summed E-state index contributed by atoms with van der Waals surface area (Å²) < 4.78 is 4.28. The highest BCUT2D eigenvalue weighted by molar-refractivity contribution is 5.94. The number of piperazine rings is 1. The van der Waals surface area contributed by atoms with Crippen LogP contribution in [0.3, 0.4) is 0 Å². The van der Waals surface area contributed by atoms with Crippen LogP contribution in [0.25, 0.3) is 5.69 Å². The number of nitrogens with zero attached hydrogens (tertiary/aromatic N) is 5. The monoisotopic (exact) mass is 391 g/mol. The van der Waals surface area contributed by atoms with Gasteiger partial charge in [0.1, 0.15) is 5.82 Å². The van der Waals surface area contributed by atoms with Gasteiger partial charge in [-0.1, -0.05) is 13.8 Å². The van der Waals surface area contributed by atoms with Crippen molar-refractivity contribution in [3.05, 3.63) is 72.6 Å². The molecule has 0 spiro atoms. The number of hydrogen-bond acceptors (Lipinski definition) is 3. The van der Waals surface area contributed by atoms with Crippen LogP contribution in [0.4, 0.5) is 0 Å². The molecule has 0 atom stereocenters. The predicted octanol–water partition coefficient (Wildman–Crippen LogP) is 3.26. The summed E-state index contributed by atoms with van der Waals surface area (Å²) in [4.78, 5) is 21.7. The van der Waals surface area contributed by atoms with Crippen molar-refractivity contribution in [1.29, 1.82) is 0 Å². The van der Waals surface area contributed by atoms with Gasteiger partial charge in [0.2, 0.25) is 0 Å². The van der Waals surface area contributed by atoms with E-state index >= 15 is 0 Å². The van der Waals surface area contributed by atoms with Gasteiger partial charge >= 0.3 is 0 Å². The Labute approximate surface area is 172 Å². The quantitative estimate of drug-likeness (QED) is 0.648. The Hall–Kier alpha value is -2.86. The standard InChI is InChI=1S/C23H29N5O/c1-19(2)22-24-9-12-27(22)16-13-25-14-17-28(18-15-25)23(29)20-5-7-21(8-6-20)26-10-3-4-11-26/h3-12,19H,13-18H2,1-2H3. The van der Waals surface area contributed by atoms with Crippen LogP contribution < -0.4 is 0 Å². The zero-order valence-corrected chi connectivity index (χ0v) is 17.2. The molecule has 0 bridgehead atoms. The van der Waals surface area contributed by atoms with E-state index in [-0.39, 0.29) is 5.91 Å². The van der Waals surface area contributed by atoms with E-state index in [1.807, 2.05) is 64.5 Å². The van der Waals surface area contributed by atoms with Crippen molar-refractivity contribution in [2.75, 3.05) is 32.7 Å². The molecule has 3 aromatic rings. The van der Waals surface area contributed by atoms with Crippen molar-refractivity contribution in [2.45, 2.75) is 26.3 Å². The molecule has 3 heterocycles. The molecule has 0 radical (unpaired) electrons. The maximum Gasteiger partial charge on any atom is 0.253 e. The largest absolute Gasteiger partial charge is 0.336 e. The molecule has 1 aliphatic rings. The number of hydrogen-bond donors (Lipinski definition) is 0. The lowest BCUT2D eigenvalue weighted by atomic mass is 10.1. The van der Waals surface area contributed by atoms with Gasteiger partial charge in [0, 0.05) is 81.2 Å². The molecule has 1 fully saturated rings. The second-order valence-corrected chi connectivity index (χ2v) is 7.90. The highest BCUT2D eigenvalue weighted by atomic mass is 16.2. The van der Waals surface area contributed by atoms with Crippen LogP contribution in [0.15, 0.2) is 61.2 Å². The number of rotatable bonds is 6. The van der Waals surface area contributed by atoms with Gasteiger partial charge in [-0.05, 0) is 36.4 Å². The van der Waals surface area contributed by atoms with Crippen molar-refractivity contribution in [3.63, 3.8) is 0 Å². The summed E-state index contributed by atoms with van der Waals surface area (Å²) in [6, 6.07) is 11.8. The lowest BCUT2D eigenvalue weighted by Crippen LogP contribution is -2.49. The fourth-order valence-electron chi connectivity index (χ4n) is 3.90. The van der Waals surface area contributed by atoms with Gasteiger partial charge in [-0.25, -0.2) is 4.98 Å². The predicted molar refractivity (Wildman–Crippen MR) is 114 cm³/mol. The zero-order chi connectivity index (χ0) is 20.2. The maximum atomic E-state index is 12.9. The van der Waals surface area contributed by atoms with Crippen LogP contribution in [-0.2, 0) is 6.54 Å². The van der Waals surface area contributed by atoms with Crippen molar-refractivity contribution >= 4 is 5.91 Å². The minimum atomic E-state index is 0.125. The minimum Gasteiger partial charge on any atom is -0.336 e. The second kappa shape index (κ2) is 8.66. The summed E-state index contributed by atoms with van der Waals surface area (Å²) in [5, 5.41) is 0. The molecule has 152 valence electrons. The Morgan fingerprint density at radius 3 is 2.31 bits per heavy atom. The van der Waals surface area contributed by atoms with Crippen LogP contribution in [0.5, 0.6) is 0 Å². The molecule has 6 nitrogen and oxygen atoms in total. The van der Waals surface area contributed by atoms with Crippen molar-refractivity contribution < 1.29 is 4.79 Å². The molecule has 1 aromatic carbocycles. The lowest BCUT2D eigenvalue weighted by molar-refractivity contribution is 0.0633. The molecule has 0 N–H and O–H groups in total. The number of carbonyl (C=O) groups excluding carboxylic acids is 1. The van der Waals surface area contributed by atoms with Gasteiger partial charge < -0.3 is 14.0 Å². The van der Waals surface area contributed by atoms with Crippen LogP contribution in [0.2, 0.25) is 0 Å². The van der Waals surface area contributed by atoms with E-state index < -0.39 is 0 Å². The molecule has 1 aliphatic heterocycles. The molecule has 0 unspecified atom stereocenters. The van der Waals surface area contributed by atoms with Crippen LogP contribution in [-0.4, -0.2) is 62.5 Å². The zero-order valence-electron chi connectivity index (χ0n) is 17.2. The van der Waals surface area contributed by atoms with E-state index in [0.29, 0.717) is 5.92 Å². The van der Waals surface area contributed by atoms with E-state index in [4.69, 9.17) is 0 Å². The number of benzene rings is 1. The summed E-state index contributed by atoms with van der Waals surface area (Å²) in [7, 11) is 0. The molecule has 1 amide bonds. The number of aromatic nitrogens is 3. The molecule has 29 heavy (non-hydrogen) atoms. The van der Waals surface area contributed by atoms with Crippen molar-refractivity contribution in [2.24, 2.45) is 0 Å². The molecule has 6 heteroatoms. The first-order valence-corrected chi connectivity index (χ1v) is 10.4. The smallest absolute Gasteiger partial charge is 0.253 e. The van der Waals surface area contributed by atoms with Crippen molar-refractivity contribution in [3.8, 4) is 5.69 Å². The molecule has 0 saturated carbocycles. The first-order chi connectivity index (χ1) is 14.1. The van der Waals surface area contributed by atoms with Gasteiger partial charge in [-0.15, -0.1) is 0 Å². The van der Waals surface area contributed by atoms with Crippen LogP contribution >= 0.6 is 0 Å². The van der Waals surface area contributed by atoms with Crippen LogP contribution in [0, 0.1) is 0 Å². The molecule has 4 rings (SSSR count). The Bertz CT molecular complexity index is 919. The SMILES string of the molecule is CC(C)c1nccn1CCN1CCN(C(=O)c2ccc(-n3cccc3)cc2)CC1. The van der Waals surface area contributed by atoms with Gasteiger partial charge in [0.25, 0.3) is 5.91 Å². The topological polar surface area (TPSA) is 46.3 Å². The normalized spacial score (nSPS) is 15.2. The average Bonchev–Trinajstić information content (AvgIpc) is 3.44. The summed E-state index contributed by atoms with van der Waals surface area (Å²) in [6.45, 7) is 9.67. The van der Waals surface area contributed by atoms with E-state index in [9.17, 15) is 4.79 Å². The van der Waals surface area contributed by atoms with Gasteiger partial charge in [0.05, 0.1) is 0 Å². The van der Waals surface area contributed by atoms with Gasteiger partial charge in [0.15, 0.2) is 0 Å². The Kier molecular flexibility index (Phi) is 5.81. The molecule has 2 aromatic heterocycles. The highest BCUT2D eigenvalue weighted by Crippen LogP contribution is 2.14. The third kappa shape index (κ3) is 4.43. The summed E-state index contributed by atoms with van der Waals surface area (Å²) >= 11 is 0. The summed E-state index contributed by atoms with van der Waals surface area (Å²) in [5.41, 5.74) is 1.82. The third-order valence-corrected chi connectivity index (χ3v) is 5.60. The fourth-order valence-corrected chi connectivity index (χ4v) is 3.90. The van der Waals surface area contributed by atoms with Crippen molar-refractivity contribution in [1.82, 2.24) is 23.9 Å². The van der Waals surface area contributed by atoms with Gasteiger partial charge in [-0.3, -0.25) is 9.69 Å². The number of amides is 1.